The minimum absolute atomic E-state index is 0.176. The molecular weight excluding hydrogens is 445 g/mol. The van der Waals surface area contributed by atoms with Crippen LogP contribution in [0, 0.1) is 0 Å². The Bertz CT molecular complexity index is 998. The molecular formula is C19H20ClF3N2O4S. The Morgan fingerprint density at radius 1 is 1.13 bits per heavy atom. The van der Waals surface area contributed by atoms with E-state index < -0.39 is 37.6 Å². The summed E-state index contributed by atoms with van der Waals surface area (Å²) in [7, 11) is -2.69. The van der Waals surface area contributed by atoms with E-state index in [1.54, 1.807) is 13.2 Å². The number of hydrogen-bond acceptors (Lipinski definition) is 4. The molecule has 0 saturated carbocycles. The van der Waals surface area contributed by atoms with Gasteiger partial charge in [-0.1, -0.05) is 29.8 Å². The lowest BCUT2D eigenvalue weighted by atomic mass is 10.1. The second kappa shape index (κ2) is 10.1. The van der Waals surface area contributed by atoms with Crippen molar-refractivity contribution in [2.45, 2.75) is 23.9 Å². The standard InChI is InChI=1S/C19H20ClF3N2O4S/c1-29-17-5-3-2-4-13(17)8-10-24-18(26)9-11-25-30(27,28)14-6-7-16(20)15(12-14)19(21,22)23/h2-7,12,25H,8-11H2,1H3,(H,24,26). The van der Waals surface area contributed by atoms with Gasteiger partial charge in [0.1, 0.15) is 5.75 Å². The van der Waals surface area contributed by atoms with E-state index in [-0.39, 0.29) is 13.0 Å². The van der Waals surface area contributed by atoms with Crippen LogP contribution in [0.1, 0.15) is 17.5 Å². The van der Waals surface area contributed by atoms with Crippen LogP contribution in [-0.4, -0.2) is 34.5 Å². The van der Waals surface area contributed by atoms with Crippen molar-refractivity contribution in [3.05, 3.63) is 58.6 Å². The van der Waals surface area contributed by atoms with Crippen LogP contribution in [0.5, 0.6) is 5.75 Å². The SMILES string of the molecule is COc1ccccc1CCNC(=O)CCNS(=O)(=O)c1ccc(Cl)c(C(F)(F)F)c1. The molecule has 0 unspecified atom stereocenters. The van der Waals surface area contributed by atoms with Gasteiger partial charge in [-0.05, 0) is 36.2 Å². The van der Waals surface area contributed by atoms with Gasteiger partial charge in [0, 0.05) is 19.5 Å². The van der Waals surface area contributed by atoms with Crippen molar-refractivity contribution in [2.24, 2.45) is 0 Å². The molecule has 6 nitrogen and oxygen atoms in total. The molecule has 2 aromatic carbocycles. The Kier molecular flexibility index (Phi) is 8.10. The zero-order valence-corrected chi connectivity index (χ0v) is 17.5. The Labute approximate surface area is 177 Å². The lowest BCUT2D eigenvalue weighted by Crippen LogP contribution is -2.31. The van der Waals surface area contributed by atoms with Gasteiger partial charge in [-0.3, -0.25) is 4.79 Å². The fourth-order valence-electron chi connectivity index (χ4n) is 2.61. The molecule has 1 amide bonds. The average molecular weight is 465 g/mol. The summed E-state index contributed by atoms with van der Waals surface area (Å²) in [6, 6.07) is 9.61. The highest BCUT2D eigenvalue weighted by Crippen LogP contribution is 2.35. The maximum absolute atomic E-state index is 12.9. The third-order valence-corrected chi connectivity index (χ3v) is 5.89. The van der Waals surface area contributed by atoms with E-state index >= 15 is 0 Å². The molecule has 11 heteroatoms. The molecule has 0 radical (unpaired) electrons. The molecule has 0 bridgehead atoms. The van der Waals surface area contributed by atoms with E-state index in [0.717, 1.165) is 17.7 Å². The van der Waals surface area contributed by atoms with Crippen molar-refractivity contribution in [3.63, 3.8) is 0 Å². The number of benzene rings is 2. The average Bonchev–Trinajstić information content (AvgIpc) is 2.67. The fraction of sp³-hybridized carbons (Fsp3) is 0.316. The zero-order valence-electron chi connectivity index (χ0n) is 15.9. The maximum Gasteiger partial charge on any atom is 0.417 e. The summed E-state index contributed by atoms with van der Waals surface area (Å²) in [6.45, 7) is 0.0465. The normalized spacial score (nSPS) is 11.9. The molecule has 164 valence electrons. The van der Waals surface area contributed by atoms with Gasteiger partial charge in [0.2, 0.25) is 15.9 Å². The number of amides is 1. The van der Waals surface area contributed by atoms with Gasteiger partial charge in [0.25, 0.3) is 0 Å². The Morgan fingerprint density at radius 2 is 1.83 bits per heavy atom. The number of rotatable bonds is 9. The number of nitrogens with one attached hydrogen (secondary N) is 2. The largest absolute Gasteiger partial charge is 0.496 e. The van der Waals surface area contributed by atoms with E-state index in [2.05, 4.69) is 10.0 Å². The van der Waals surface area contributed by atoms with Gasteiger partial charge in [0.05, 0.1) is 22.6 Å². The first-order chi connectivity index (χ1) is 14.0. The molecule has 0 aliphatic carbocycles. The van der Waals surface area contributed by atoms with Gasteiger partial charge in [-0.25, -0.2) is 13.1 Å². The summed E-state index contributed by atoms with van der Waals surface area (Å²) >= 11 is 5.49. The molecule has 30 heavy (non-hydrogen) atoms. The van der Waals surface area contributed by atoms with Crippen molar-refractivity contribution in [1.82, 2.24) is 10.0 Å². The van der Waals surface area contributed by atoms with E-state index in [9.17, 15) is 26.4 Å². The molecule has 0 aliphatic heterocycles. The van der Waals surface area contributed by atoms with Gasteiger partial charge in [0.15, 0.2) is 0 Å². The van der Waals surface area contributed by atoms with Gasteiger partial charge < -0.3 is 10.1 Å². The number of halogens is 4. The van der Waals surface area contributed by atoms with Crippen LogP contribution in [-0.2, 0) is 27.4 Å². The number of para-hydroxylation sites is 1. The van der Waals surface area contributed by atoms with Gasteiger partial charge >= 0.3 is 6.18 Å². The molecule has 0 spiro atoms. The number of sulfonamides is 1. The number of hydrogen-bond donors (Lipinski definition) is 2. The number of methoxy groups -OCH3 is 1. The van der Waals surface area contributed by atoms with Crippen molar-refractivity contribution in [3.8, 4) is 5.75 Å². The number of ether oxygens (including phenoxy) is 1. The number of carbonyl (C=O) groups excluding carboxylic acids is 1. The van der Waals surface area contributed by atoms with Crippen LogP contribution in [0.2, 0.25) is 5.02 Å². The lowest BCUT2D eigenvalue weighted by molar-refractivity contribution is -0.137. The smallest absolute Gasteiger partial charge is 0.417 e. The molecule has 0 atom stereocenters. The summed E-state index contributed by atoms with van der Waals surface area (Å²) in [5.74, 6) is 0.292. The highest BCUT2D eigenvalue weighted by molar-refractivity contribution is 7.89. The third kappa shape index (κ3) is 6.61. The predicted molar refractivity (Wildman–Crippen MR) is 106 cm³/mol. The maximum atomic E-state index is 12.9. The summed E-state index contributed by atoms with van der Waals surface area (Å²) in [6.07, 6.45) is -4.44. The predicted octanol–water partition coefficient (Wildman–Crippen LogP) is 3.39. The first-order valence-electron chi connectivity index (χ1n) is 8.79. The van der Waals surface area contributed by atoms with E-state index in [0.29, 0.717) is 24.8 Å². The van der Waals surface area contributed by atoms with Crippen LogP contribution in [0.3, 0.4) is 0 Å². The highest BCUT2D eigenvalue weighted by Gasteiger charge is 2.34. The van der Waals surface area contributed by atoms with Crippen LogP contribution in [0.15, 0.2) is 47.4 Å². The number of alkyl halides is 3. The van der Waals surface area contributed by atoms with E-state index in [1.165, 1.54) is 0 Å². The fourth-order valence-corrected chi connectivity index (χ4v) is 3.89. The summed E-state index contributed by atoms with van der Waals surface area (Å²) in [5, 5.41) is 2.05. The van der Waals surface area contributed by atoms with Crippen LogP contribution >= 0.6 is 11.6 Å². The molecule has 2 rings (SSSR count). The van der Waals surface area contributed by atoms with Gasteiger partial charge in [-0.2, -0.15) is 13.2 Å². The summed E-state index contributed by atoms with van der Waals surface area (Å²) in [5.41, 5.74) is -0.342. The quantitative estimate of drug-likeness (QED) is 0.595. The monoisotopic (exact) mass is 464 g/mol. The minimum atomic E-state index is -4.79. The molecule has 0 aromatic heterocycles. The highest BCUT2D eigenvalue weighted by atomic mass is 35.5. The second-order valence-electron chi connectivity index (χ2n) is 6.20. The number of carbonyl (C=O) groups is 1. The molecule has 2 aromatic rings. The minimum Gasteiger partial charge on any atom is -0.496 e. The lowest BCUT2D eigenvalue weighted by Gasteiger charge is -2.12. The molecule has 0 aliphatic rings. The molecule has 0 fully saturated rings. The van der Waals surface area contributed by atoms with Crippen LogP contribution < -0.4 is 14.8 Å². The summed E-state index contributed by atoms with van der Waals surface area (Å²) < 4.78 is 70.4. The third-order valence-electron chi connectivity index (χ3n) is 4.11. The molecule has 0 heterocycles. The topological polar surface area (TPSA) is 84.5 Å². The van der Waals surface area contributed by atoms with Crippen molar-refractivity contribution in [1.29, 1.82) is 0 Å². The first-order valence-corrected chi connectivity index (χ1v) is 10.7. The Balaban J connectivity index is 1.86. The first kappa shape index (κ1) is 24.0. The van der Waals surface area contributed by atoms with E-state index in [4.69, 9.17) is 16.3 Å². The van der Waals surface area contributed by atoms with Gasteiger partial charge in [-0.15, -0.1) is 0 Å². The van der Waals surface area contributed by atoms with E-state index in [1.807, 2.05) is 18.2 Å². The van der Waals surface area contributed by atoms with Crippen LogP contribution in [0.4, 0.5) is 13.2 Å². The van der Waals surface area contributed by atoms with Crippen molar-refractivity contribution in [2.75, 3.05) is 20.2 Å². The Morgan fingerprint density at radius 3 is 2.50 bits per heavy atom. The van der Waals surface area contributed by atoms with Crippen molar-refractivity contribution < 1.29 is 31.1 Å². The molecule has 2 N–H and O–H groups in total. The Hall–Kier alpha value is -2.30. The molecule has 0 saturated heterocycles. The van der Waals surface area contributed by atoms with Crippen molar-refractivity contribution >= 4 is 27.5 Å². The second-order valence-corrected chi connectivity index (χ2v) is 8.37. The van der Waals surface area contributed by atoms with Crippen LogP contribution in [0.25, 0.3) is 0 Å². The zero-order chi connectivity index (χ0) is 22.4. The summed E-state index contributed by atoms with van der Waals surface area (Å²) in [4.78, 5) is 11.3.